The molecular formula is C27H41NO4S. The number of Topliss-reactive ketones (excluding diaryl/α,β-unsaturated/α-hetero) is 1. The molecule has 0 bridgehead atoms. The number of hydrogen-bond acceptors (Lipinski definition) is 6. The predicted molar refractivity (Wildman–Crippen MR) is 135 cm³/mol. The van der Waals surface area contributed by atoms with Crippen LogP contribution in [0.5, 0.6) is 0 Å². The van der Waals surface area contributed by atoms with Crippen molar-refractivity contribution in [3.63, 3.8) is 0 Å². The Kier molecular flexibility index (Phi) is 10.0. The van der Waals surface area contributed by atoms with E-state index in [0.717, 1.165) is 35.5 Å². The van der Waals surface area contributed by atoms with Crippen LogP contribution in [0.4, 0.5) is 0 Å². The molecule has 0 radical (unpaired) electrons. The number of aliphatic hydroxyl groups excluding tert-OH is 1. The van der Waals surface area contributed by atoms with Crippen LogP contribution in [-0.4, -0.2) is 34.1 Å². The summed E-state index contributed by atoms with van der Waals surface area (Å²) in [5.41, 5.74) is 2.38. The third-order valence-corrected chi connectivity index (χ3v) is 7.63. The van der Waals surface area contributed by atoms with Crippen LogP contribution in [0.1, 0.15) is 90.8 Å². The number of thiazole rings is 1. The summed E-state index contributed by atoms with van der Waals surface area (Å²) in [5, 5.41) is 13.8. The summed E-state index contributed by atoms with van der Waals surface area (Å²) in [6.07, 6.45) is 7.01. The smallest absolute Gasteiger partial charge is 0.306 e. The third kappa shape index (κ3) is 8.18. The summed E-state index contributed by atoms with van der Waals surface area (Å²) in [6.45, 7) is 13.6. The third-order valence-electron chi connectivity index (χ3n) is 6.83. The normalized spacial score (nSPS) is 30.4. The van der Waals surface area contributed by atoms with Gasteiger partial charge in [-0.3, -0.25) is 9.59 Å². The minimum absolute atomic E-state index is 0.00403. The quantitative estimate of drug-likeness (QED) is 0.401. The lowest BCUT2D eigenvalue weighted by Gasteiger charge is -2.31. The molecule has 1 aromatic heterocycles. The number of carbonyl (C=O) groups excluding carboxylic acids is 2. The average Bonchev–Trinajstić information content (AvgIpc) is 3.17. The lowest BCUT2D eigenvalue weighted by molar-refractivity contribution is -0.148. The number of ketones is 1. The van der Waals surface area contributed by atoms with E-state index in [-0.39, 0.29) is 30.2 Å². The van der Waals surface area contributed by atoms with Gasteiger partial charge in [0.1, 0.15) is 11.9 Å². The second kappa shape index (κ2) is 12.1. The molecule has 2 rings (SSSR count). The number of hydrogen-bond donors (Lipinski definition) is 1. The number of carbonyl (C=O) groups is 2. The summed E-state index contributed by atoms with van der Waals surface area (Å²) in [7, 11) is 0. The van der Waals surface area contributed by atoms with E-state index in [4.69, 9.17) is 4.74 Å². The number of esters is 1. The number of rotatable bonds is 2. The number of aliphatic hydroxyl groups is 1. The molecular weight excluding hydrogens is 434 g/mol. The van der Waals surface area contributed by atoms with Gasteiger partial charge < -0.3 is 9.84 Å². The second-order valence-corrected chi connectivity index (χ2v) is 11.4. The Morgan fingerprint density at radius 1 is 1.24 bits per heavy atom. The van der Waals surface area contributed by atoms with Crippen molar-refractivity contribution in [2.24, 2.45) is 17.3 Å². The fraction of sp³-hybridized carbons (Fsp3) is 0.667. The van der Waals surface area contributed by atoms with Gasteiger partial charge in [-0.15, -0.1) is 11.3 Å². The monoisotopic (exact) mass is 475 g/mol. The fourth-order valence-electron chi connectivity index (χ4n) is 4.40. The molecule has 2 heterocycles. The second-order valence-electron chi connectivity index (χ2n) is 10.3. The number of ether oxygens (including phenoxy) is 1. The van der Waals surface area contributed by atoms with Gasteiger partial charge >= 0.3 is 5.97 Å². The molecule has 5 nitrogen and oxygen atoms in total. The molecule has 33 heavy (non-hydrogen) atoms. The van der Waals surface area contributed by atoms with E-state index in [0.29, 0.717) is 12.8 Å². The molecule has 1 unspecified atom stereocenters. The van der Waals surface area contributed by atoms with Crippen molar-refractivity contribution in [3.05, 3.63) is 33.3 Å². The summed E-state index contributed by atoms with van der Waals surface area (Å²) >= 11 is 1.60. The van der Waals surface area contributed by atoms with Crippen molar-refractivity contribution in [2.75, 3.05) is 0 Å². The first-order valence-corrected chi connectivity index (χ1v) is 13.0. The van der Waals surface area contributed by atoms with Crippen molar-refractivity contribution >= 4 is 29.2 Å². The Morgan fingerprint density at radius 3 is 2.58 bits per heavy atom. The highest BCUT2D eigenvalue weighted by molar-refractivity contribution is 7.09. The molecule has 0 amide bonds. The highest BCUT2D eigenvalue weighted by Crippen LogP contribution is 2.32. The van der Waals surface area contributed by atoms with Crippen LogP contribution >= 0.6 is 11.3 Å². The number of nitrogens with zero attached hydrogens (tertiary/aromatic N) is 1. The lowest BCUT2D eigenvalue weighted by atomic mass is 9.74. The first-order valence-electron chi connectivity index (χ1n) is 12.1. The van der Waals surface area contributed by atoms with Gasteiger partial charge in [0.25, 0.3) is 0 Å². The molecule has 0 fully saturated rings. The maximum atomic E-state index is 13.1. The number of aryl methyl sites for hydroxylation is 1. The van der Waals surface area contributed by atoms with Crippen LogP contribution in [0.3, 0.4) is 0 Å². The molecule has 0 aliphatic carbocycles. The summed E-state index contributed by atoms with van der Waals surface area (Å²) < 4.78 is 5.90. The molecule has 0 saturated carbocycles. The Morgan fingerprint density at radius 2 is 1.94 bits per heavy atom. The van der Waals surface area contributed by atoms with Gasteiger partial charge in [-0.2, -0.15) is 0 Å². The van der Waals surface area contributed by atoms with Crippen molar-refractivity contribution in [1.82, 2.24) is 4.98 Å². The van der Waals surface area contributed by atoms with Crippen LogP contribution in [0.25, 0.3) is 6.08 Å². The zero-order valence-electron chi connectivity index (χ0n) is 21.3. The molecule has 1 aliphatic heterocycles. The first kappa shape index (κ1) is 27.5. The Bertz CT molecular complexity index is 882. The minimum atomic E-state index is -0.703. The lowest BCUT2D eigenvalue weighted by Crippen LogP contribution is -2.39. The van der Waals surface area contributed by atoms with Crippen LogP contribution in [0.15, 0.2) is 22.6 Å². The Hall–Kier alpha value is -1.79. The van der Waals surface area contributed by atoms with E-state index in [1.807, 2.05) is 53.0 Å². The molecule has 1 N–H and O–H groups in total. The average molecular weight is 476 g/mol. The van der Waals surface area contributed by atoms with Crippen LogP contribution in [-0.2, 0) is 14.3 Å². The maximum Gasteiger partial charge on any atom is 0.306 e. The van der Waals surface area contributed by atoms with Crippen LogP contribution < -0.4 is 0 Å². The van der Waals surface area contributed by atoms with E-state index < -0.39 is 17.4 Å². The highest BCUT2D eigenvalue weighted by atomic mass is 32.1. The minimum Gasteiger partial charge on any atom is -0.457 e. The first-order chi connectivity index (χ1) is 15.4. The Balaban J connectivity index is 2.27. The van der Waals surface area contributed by atoms with Gasteiger partial charge in [0.05, 0.1) is 16.8 Å². The molecule has 0 spiro atoms. The molecule has 0 saturated heterocycles. The number of cyclic esters (lactones) is 1. The fourth-order valence-corrected chi connectivity index (χ4v) is 4.97. The van der Waals surface area contributed by atoms with E-state index in [2.05, 4.69) is 18.0 Å². The van der Waals surface area contributed by atoms with Gasteiger partial charge in [0.2, 0.25) is 0 Å². The summed E-state index contributed by atoms with van der Waals surface area (Å²) in [6, 6.07) is 0. The van der Waals surface area contributed by atoms with Crippen LogP contribution in [0.2, 0.25) is 0 Å². The van der Waals surface area contributed by atoms with Crippen LogP contribution in [0, 0.1) is 24.2 Å². The molecule has 1 aromatic rings. The molecule has 1 aliphatic rings. The summed E-state index contributed by atoms with van der Waals surface area (Å²) in [4.78, 5) is 30.4. The Labute approximate surface area is 203 Å². The van der Waals surface area contributed by atoms with Gasteiger partial charge in [0.15, 0.2) is 0 Å². The number of aromatic nitrogens is 1. The van der Waals surface area contributed by atoms with E-state index in [9.17, 15) is 14.7 Å². The van der Waals surface area contributed by atoms with Gasteiger partial charge in [-0.25, -0.2) is 4.98 Å². The molecule has 0 aromatic carbocycles. The maximum absolute atomic E-state index is 13.1. The zero-order valence-corrected chi connectivity index (χ0v) is 22.1. The van der Waals surface area contributed by atoms with Gasteiger partial charge in [0, 0.05) is 29.6 Å². The molecule has 184 valence electrons. The summed E-state index contributed by atoms with van der Waals surface area (Å²) in [5.74, 6) is -0.716. The van der Waals surface area contributed by atoms with Crippen molar-refractivity contribution in [1.29, 1.82) is 0 Å². The SMILES string of the molecule is C/C1=C/C[C@@H](/C(C)=C/c2csc(C)n2)OC(=O)CCC(C)(C)C(=O)[C@H](C)C(O)[C@@H](C)CCC1. The molecule has 4 atom stereocenters. The highest BCUT2D eigenvalue weighted by Gasteiger charge is 2.36. The predicted octanol–water partition coefficient (Wildman–Crippen LogP) is 6.30. The standard InChI is InChI=1S/C27H41NO4S/c1-17-9-8-10-18(2)25(30)20(4)26(31)27(6,7)14-13-24(29)32-23(12-11-17)19(3)15-22-16-33-21(5)28-22/h11,15-16,18,20,23,25,30H,8-10,12-14H2,1-7H3/b17-11-,19-15+/t18-,20+,23-,25?/m0/s1. The topological polar surface area (TPSA) is 76.5 Å². The van der Waals surface area contributed by atoms with Gasteiger partial charge in [-0.05, 0) is 64.0 Å². The van der Waals surface area contributed by atoms with E-state index >= 15 is 0 Å². The van der Waals surface area contributed by atoms with E-state index in [1.165, 1.54) is 5.57 Å². The van der Waals surface area contributed by atoms with E-state index in [1.54, 1.807) is 11.3 Å². The largest absolute Gasteiger partial charge is 0.457 e. The molecule has 6 heteroatoms. The van der Waals surface area contributed by atoms with Gasteiger partial charge in [-0.1, -0.05) is 39.3 Å². The number of allylic oxidation sites excluding steroid dienone is 1. The van der Waals surface area contributed by atoms with Crippen molar-refractivity contribution in [3.8, 4) is 0 Å². The van der Waals surface area contributed by atoms with Crippen molar-refractivity contribution < 1.29 is 19.4 Å². The zero-order chi connectivity index (χ0) is 24.8. The van der Waals surface area contributed by atoms with Crippen molar-refractivity contribution in [2.45, 2.75) is 99.2 Å².